The Morgan fingerprint density at radius 1 is 1.03 bits per heavy atom. The first-order chi connectivity index (χ1) is 14.8. The number of carbonyl (C=O) groups excluding carboxylic acids is 1. The number of carbonyl (C=O) groups is 1. The monoisotopic (exact) mass is 511 g/mol. The summed E-state index contributed by atoms with van der Waals surface area (Å²) in [5, 5.41) is 1.57. The zero-order valence-electron chi connectivity index (χ0n) is 19.1. The Morgan fingerprint density at radius 3 is 2.38 bits per heavy atom. The number of hydrogen-bond donors (Lipinski definition) is 0. The molecule has 0 saturated heterocycles. The van der Waals surface area contributed by atoms with Crippen molar-refractivity contribution in [3.8, 4) is 0 Å². The summed E-state index contributed by atoms with van der Waals surface area (Å²) in [5.74, 6) is 1.06. The van der Waals surface area contributed by atoms with Crippen molar-refractivity contribution in [3.63, 3.8) is 0 Å². The van der Waals surface area contributed by atoms with Crippen LogP contribution in [0.3, 0.4) is 0 Å². The van der Waals surface area contributed by atoms with Crippen molar-refractivity contribution in [2.45, 2.75) is 38.0 Å². The fourth-order valence-corrected chi connectivity index (χ4v) is 5.45. The van der Waals surface area contributed by atoms with Crippen LogP contribution < -0.4 is 4.90 Å². The molecule has 8 heteroatoms. The molecule has 0 aliphatic rings. The van der Waals surface area contributed by atoms with Crippen molar-refractivity contribution < 1.29 is 4.79 Å². The van der Waals surface area contributed by atoms with Gasteiger partial charge in [-0.1, -0.05) is 35.1 Å². The number of aryl methyl sites for hydroxylation is 2. The minimum Gasteiger partial charge on any atom is -0.309 e. The van der Waals surface area contributed by atoms with Crippen LogP contribution in [-0.2, 0) is 4.79 Å². The van der Waals surface area contributed by atoms with Crippen LogP contribution in [0.5, 0.6) is 0 Å². The van der Waals surface area contributed by atoms with E-state index in [1.807, 2.05) is 29.2 Å². The average Bonchev–Trinajstić information content (AvgIpc) is 3.19. The number of thioether (sulfide) groups is 1. The van der Waals surface area contributed by atoms with Crippen LogP contribution >= 0.6 is 47.1 Å². The van der Waals surface area contributed by atoms with Crippen molar-refractivity contribution >= 4 is 68.4 Å². The summed E-state index contributed by atoms with van der Waals surface area (Å²) in [5.41, 5.74) is 3.39. The number of halogens is 2. The molecule has 0 saturated carbocycles. The number of rotatable bonds is 10. The molecule has 1 aromatic heterocycles. The molecule has 0 atom stereocenters. The summed E-state index contributed by atoms with van der Waals surface area (Å²) in [6.07, 6.45) is 2.28. The topological polar surface area (TPSA) is 36.4 Å². The molecule has 4 nitrogen and oxygen atoms in total. The summed E-state index contributed by atoms with van der Waals surface area (Å²) in [6, 6.07) is 12.1. The van der Waals surface area contributed by atoms with Crippen LogP contribution in [-0.4, -0.2) is 48.7 Å². The summed E-state index contributed by atoms with van der Waals surface area (Å²) >= 11 is 9.34. The summed E-state index contributed by atoms with van der Waals surface area (Å²) in [7, 11) is 4.12. The van der Waals surface area contributed by atoms with Gasteiger partial charge in [-0.15, -0.1) is 24.2 Å². The van der Waals surface area contributed by atoms with E-state index in [1.54, 1.807) is 23.1 Å². The fraction of sp³-hybridized carbons (Fsp3) is 0.417. The second-order valence-electron chi connectivity index (χ2n) is 7.98. The van der Waals surface area contributed by atoms with Gasteiger partial charge in [-0.2, -0.15) is 0 Å². The maximum atomic E-state index is 13.2. The molecule has 3 aromatic rings. The lowest BCUT2D eigenvalue weighted by atomic mass is 10.1. The first-order valence-corrected chi connectivity index (χ1v) is 12.7. The molecule has 3 rings (SSSR count). The number of nitrogens with zero attached hydrogens (tertiary/aromatic N) is 3. The van der Waals surface area contributed by atoms with Crippen molar-refractivity contribution in [1.29, 1.82) is 0 Å². The van der Waals surface area contributed by atoms with Gasteiger partial charge in [-0.05, 0) is 88.5 Å². The van der Waals surface area contributed by atoms with Gasteiger partial charge >= 0.3 is 0 Å². The largest absolute Gasteiger partial charge is 0.309 e. The van der Waals surface area contributed by atoms with E-state index >= 15 is 0 Å². The molecule has 1 heterocycles. The number of anilines is 1. The van der Waals surface area contributed by atoms with Crippen LogP contribution in [0.25, 0.3) is 10.2 Å². The minimum absolute atomic E-state index is 0. The van der Waals surface area contributed by atoms with Crippen LogP contribution in [0.4, 0.5) is 5.13 Å². The Morgan fingerprint density at radius 2 is 1.72 bits per heavy atom. The molecule has 0 bridgehead atoms. The molecule has 0 aliphatic carbocycles. The maximum absolute atomic E-state index is 13.2. The molecule has 2 aromatic carbocycles. The van der Waals surface area contributed by atoms with E-state index in [0.29, 0.717) is 13.0 Å². The second kappa shape index (κ2) is 12.8. The maximum Gasteiger partial charge on any atom is 0.228 e. The molecule has 0 N–H and O–H groups in total. The van der Waals surface area contributed by atoms with Gasteiger partial charge in [0.2, 0.25) is 5.91 Å². The molecule has 174 valence electrons. The van der Waals surface area contributed by atoms with E-state index in [9.17, 15) is 4.79 Å². The first-order valence-electron chi connectivity index (χ1n) is 10.6. The zero-order chi connectivity index (χ0) is 22.4. The normalized spacial score (nSPS) is 11.1. The van der Waals surface area contributed by atoms with Crippen molar-refractivity contribution in [3.05, 3.63) is 52.5 Å². The Kier molecular flexibility index (Phi) is 10.8. The highest BCUT2D eigenvalue weighted by atomic mass is 35.5. The molecule has 0 spiro atoms. The highest BCUT2D eigenvalue weighted by molar-refractivity contribution is 7.99. The lowest BCUT2D eigenvalue weighted by Gasteiger charge is -2.21. The SMILES string of the molecule is Cc1ccc(C)c2sc(N(CCCN(C)C)C(=O)CCCSc3ccc(Cl)cc3)nc12.Cl. The number of thiazole rings is 1. The van der Waals surface area contributed by atoms with Gasteiger partial charge in [0.05, 0.1) is 10.2 Å². The van der Waals surface area contributed by atoms with Crippen molar-refractivity contribution in [2.24, 2.45) is 0 Å². The predicted octanol–water partition coefficient (Wildman–Crippen LogP) is 6.85. The van der Waals surface area contributed by atoms with Crippen molar-refractivity contribution in [1.82, 2.24) is 9.88 Å². The van der Waals surface area contributed by atoms with Crippen LogP contribution in [0.1, 0.15) is 30.4 Å². The van der Waals surface area contributed by atoms with E-state index in [4.69, 9.17) is 16.6 Å². The van der Waals surface area contributed by atoms with Crippen molar-refractivity contribution in [2.75, 3.05) is 37.8 Å². The third kappa shape index (κ3) is 7.35. The summed E-state index contributed by atoms with van der Waals surface area (Å²) < 4.78 is 1.18. The summed E-state index contributed by atoms with van der Waals surface area (Å²) in [6.45, 7) is 5.83. The summed E-state index contributed by atoms with van der Waals surface area (Å²) in [4.78, 5) is 23.3. The molecule has 1 amide bonds. The minimum atomic E-state index is 0. The highest BCUT2D eigenvalue weighted by Gasteiger charge is 2.20. The predicted molar refractivity (Wildman–Crippen MR) is 143 cm³/mol. The van der Waals surface area contributed by atoms with Gasteiger partial charge in [-0.3, -0.25) is 9.69 Å². The number of hydrogen-bond acceptors (Lipinski definition) is 5. The molecule has 0 unspecified atom stereocenters. The molecule has 0 fully saturated rings. The second-order valence-corrected chi connectivity index (χ2v) is 10.6. The van der Waals surface area contributed by atoms with E-state index in [-0.39, 0.29) is 18.3 Å². The Bertz CT molecular complexity index is 983. The highest BCUT2D eigenvalue weighted by Crippen LogP contribution is 2.33. The van der Waals surface area contributed by atoms with Gasteiger partial charge in [0.25, 0.3) is 0 Å². The number of benzene rings is 2. The van der Waals surface area contributed by atoms with E-state index in [1.165, 1.54) is 15.2 Å². The fourth-order valence-electron chi connectivity index (χ4n) is 3.31. The van der Waals surface area contributed by atoms with Gasteiger partial charge in [0.15, 0.2) is 5.13 Å². The number of amides is 1. The van der Waals surface area contributed by atoms with Gasteiger partial charge in [0, 0.05) is 22.9 Å². The third-order valence-electron chi connectivity index (χ3n) is 5.07. The molecular weight excluding hydrogens is 481 g/mol. The zero-order valence-corrected chi connectivity index (χ0v) is 22.3. The molecular formula is C24H31Cl2N3OS2. The van der Waals surface area contributed by atoms with Crippen LogP contribution in [0.15, 0.2) is 41.3 Å². The molecule has 0 radical (unpaired) electrons. The number of aromatic nitrogens is 1. The van der Waals surface area contributed by atoms with Crippen LogP contribution in [0.2, 0.25) is 5.02 Å². The van der Waals surface area contributed by atoms with Gasteiger partial charge < -0.3 is 4.90 Å². The first kappa shape index (κ1) is 26.9. The lowest BCUT2D eigenvalue weighted by molar-refractivity contribution is -0.118. The van der Waals surface area contributed by atoms with Crippen LogP contribution in [0, 0.1) is 13.8 Å². The quantitative estimate of drug-likeness (QED) is 0.220. The third-order valence-corrected chi connectivity index (χ3v) is 7.63. The van der Waals surface area contributed by atoms with E-state index in [0.717, 1.165) is 46.4 Å². The Balaban J connectivity index is 0.00000363. The Labute approximate surface area is 210 Å². The lowest BCUT2D eigenvalue weighted by Crippen LogP contribution is -2.33. The van der Waals surface area contributed by atoms with Gasteiger partial charge in [0.1, 0.15) is 0 Å². The molecule has 32 heavy (non-hydrogen) atoms. The average molecular weight is 513 g/mol. The van der Waals surface area contributed by atoms with E-state index in [2.05, 4.69) is 45.0 Å². The number of fused-ring (bicyclic) bond motifs is 1. The standard InChI is InChI=1S/C24H30ClN3OS2.ClH/c1-17-8-9-18(2)23-22(17)26-24(31-23)28(15-6-14-27(3)4)21(29)7-5-16-30-20-12-10-19(25)11-13-20;/h8-13H,5-7,14-16H2,1-4H3;1H. The molecule has 0 aliphatic heterocycles. The Hall–Kier alpha value is -1.31. The smallest absolute Gasteiger partial charge is 0.228 e. The van der Waals surface area contributed by atoms with Gasteiger partial charge in [-0.25, -0.2) is 4.98 Å². The van der Waals surface area contributed by atoms with E-state index < -0.39 is 0 Å².